The van der Waals surface area contributed by atoms with Crippen molar-refractivity contribution in [2.24, 2.45) is 23.7 Å². The quantitative estimate of drug-likeness (QED) is 0.375. The minimum Gasteiger partial charge on any atom is -0.369 e. The Morgan fingerprint density at radius 3 is 3.00 bits per heavy atom. The number of epoxide rings is 1. The van der Waals surface area contributed by atoms with E-state index in [-0.39, 0.29) is 0 Å². The predicted octanol–water partition coefficient (Wildman–Crippen LogP) is 1.60. The van der Waals surface area contributed by atoms with E-state index in [0.717, 1.165) is 23.7 Å². The third-order valence-electron chi connectivity index (χ3n) is 4.26. The molecule has 58 valence electrons. The summed E-state index contributed by atoms with van der Waals surface area (Å²) in [4.78, 5) is 0. The van der Waals surface area contributed by atoms with Crippen molar-refractivity contribution in [1.82, 2.24) is 0 Å². The summed E-state index contributed by atoms with van der Waals surface area (Å²) in [6.45, 7) is 0. The predicted molar refractivity (Wildman–Crippen MR) is 41.0 cm³/mol. The first-order valence-electron chi connectivity index (χ1n) is 4.77. The summed E-state index contributed by atoms with van der Waals surface area (Å²) in [5, 5.41) is 0. The molecule has 3 aliphatic carbocycles. The molecule has 0 spiro atoms. The van der Waals surface area contributed by atoms with Crippen LogP contribution in [0.4, 0.5) is 0 Å². The van der Waals surface area contributed by atoms with E-state index < -0.39 is 0 Å². The molecule has 0 radical (unpaired) electrons. The molecule has 1 saturated heterocycles. The van der Waals surface area contributed by atoms with Gasteiger partial charge in [0, 0.05) is 0 Å². The number of rotatable bonds is 0. The summed E-state index contributed by atoms with van der Waals surface area (Å²) in [6, 6.07) is 0. The van der Waals surface area contributed by atoms with Crippen LogP contribution in [0.25, 0.3) is 0 Å². The van der Waals surface area contributed by atoms with E-state index >= 15 is 0 Å². The highest BCUT2D eigenvalue weighted by Gasteiger charge is 2.66. The zero-order valence-electron chi connectivity index (χ0n) is 6.44. The number of ether oxygens (including phenoxy) is 1. The van der Waals surface area contributed by atoms with Crippen LogP contribution in [-0.2, 0) is 4.74 Å². The number of hydrogen-bond acceptors (Lipinski definition) is 1. The van der Waals surface area contributed by atoms with Crippen molar-refractivity contribution in [2.45, 2.75) is 25.0 Å². The summed E-state index contributed by atoms with van der Waals surface area (Å²) >= 11 is 0. The van der Waals surface area contributed by atoms with Gasteiger partial charge in [0.25, 0.3) is 0 Å². The van der Waals surface area contributed by atoms with Crippen molar-refractivity contribution in [1.29, 1.82) is 0 Å². The standard InChI is InChI=1S/C10H12O/c1-2-5-6(3-1)8-4-7(5)9-10(8)11-9/h1-2,5-10H,3-4H2/t5-,6+,7+,8-,9+,10-/m0/s1. The van der Waals surface area contributed by atoms with Gasteiger partial charge in [-0.15, -0.1) is 0 Å². The van der Waals surface area contributed by atoms with Gasteiger partial charge in [-0.2, -0.15) is 0 Å². The lowest BCUT2D eigenvalue weighted by Gasteiger charge is -2.20. The Kier molecular flexibility index (Phi) is 0.695. The highest BCUT2D eigenvalue weighted by Crippen LogP contribution is 2.64. The Bertz CT molecular complexity index is 245. The van der Waals surface area contributed by atoms with Crippen LogP contribution < -0.4 is 0 Å². The second-order valence-electron chi connectivity index (χ2n) is 4.53. The van der Waals surface area contributed by atoms with Gasteiger partial charge in [0.05, 0.1) is 12.2 Å². The van der Waals surface area contributed by atoms with Gasteiger partial charge in [-0.05, 0) is 36.5 Å². The fourth-order valence-corrected chi connectivity index (χ4v) is 3.82. The Morgan fingerprint density at radius 2 is 2.00 bits per heavy atom. The molecule has 1 nitrogen and oxygen atoms in total. The van der Waals surface area contributed by atoms with E-state index in [1.165, 1.54) is 12.8 Å². The average molecular weight is 148 g/mol. The van der Waals surface area contributed by atoms with Crippen LogP contribution in [0.2, 0.25) is 0 Å². The summed E-state index contributed by atoms with van der Waals surface area (Å²) in [5.41, 5.74) is 0. The molecule has 0 aromatic carbocycles. The maximum atomic E-state index is 5.64. The van der Waals surface area contributed by atoms with E-state index in [9.17, 15) is 0 Å². The van der Waals surface area contributed by atoms with Gasteiger partial charge in [0.15, 0.2) is 0 Å². The van der Waals surface area contributed by atoms with Crippen LogP contribution in [0.1, 0.15) is 12.8 Å². The lowest BCUT2D eigenvalue weighted by Crippen LogP contribution is -2.23. The topological polar surface area (TPSA) is 12.5 Å². The van der Waals surface area contributed by atoms with Crippen molar-refractivity contribution in [2.75, 3.05) is 0 Å². The number of fused-ring (bicyclic) bond motifs is 8. The molecule has 0 aromatic rings. The molecule has 3 fully saturated rings. The lowest BCUT2D eigenvalue weighted by atomic mass is 9.82. The molecule has 1 heterocycles. The van der Waals surface area contributed by atoms with Crippen LogP contribution in [0.5, 0.6) is 0 Å². The minimum atomic E-state index is 0.698. The SMILES string of the molecule is C1=C[C@H]2[C@@H](C1)[C@@H]1C[C@H]2[C@H]2O[C@@H]12. The maximum absolute atomic E-state index is 5.64. The van der Waals surface area contributed by atoms with Crippen molar-refractivity contribution >= 4 is 0 Å². The minimum absolute atomic E-state index is 0.698. The summed E-state index contributed by atoms with van der Waals surface area (Å²) in [7, 11) is 0. The van der Waals surface area contributed by atoms with Gasteiger partial charge in [-0.25, -0.2) is 0 Å². The lowest BCUT2D eigenvalue weighted by molar-refractivity contribution is 0.250. The molecule has 0 unspecified atom stereocenters. The van der Waals surface area contributed by atoms with E-state index in [4.69, 9.17) is 4.74 Å². The Hall–Kier alpha value is -0.300. The fraction of sp³-hybridized carbons (Fsp3) is 0.800. The Labute approximate surface area is 66.4 Å². The highest BCUT2D eigenvalue weighted by atomic mass is 16.6. The molecule has 2 bridgehead atoms. The van der Waals surface area contributed by atoms with Crippen molar-refractivity contribution in [3.05, 3.63) is 12.2 Å². The van der Waals surface area contributed by atoms with E-state index in [0.29, 0.717) is 12.2 Å². The maximum Gasteiger partial charge on any atom is 0.0878 e. The van der Waals surface area contributed by atoms with Crippen molar-refractivity contribution in [3.63, 3.8) is 0 Å². The third kappa shape index (κ3) is 0.451. The van der Waals surface area contributed by atoms with E-state index in [2.05, 4.69) is 12.2 Å². The molecule has 4 aliphatic rings. The Morgan fingerprint density at radius 1 is 1.09 bits per heavy atom. The van der Waals surface area contributed by atoms with Crippen LogP contribution in [0, 0.1) is 23.7 Å². The summed E-state index contributed by atoms with van der Waals surface area (Å²) in [5.74, 6) is 3.78. The highest BCUT2D eigenvalue weighted by molar-refractivity contribution is 5.21. The smallest absolute Gasteiger partial charge is 0.0878 e. The molecule has 4 rings (SSSR count). The number of hydrogen-bond donors (Lipinski definition) is 0. The average Bonchev–Trinajstić information content (AvgIpc) is 2.46. The van der Waals surface area contributed by atoms with Gasteiger partial charge < -0.3 is 4.74 Å². The molecular formula is C10H12O. The van der Waals surface area contributed by atoms with Gasteiger partial charge in [-0.1, -0.05) is 12.2 Å². The van der Waals surface area contributed by atoms with Gasteiger partial charge in [0.1, 0.15) is 0 Å². The largest absolute Gasteiger partial charge is 0.369 e. The Balaban J connectivity index is 1.82. The number of allylic oxidation sites excluding steroid dienone is 2. The van der Waals surface area contributed by atoms with Crippen LogP contribution >= 0.6 is 0 Å². The molecular weight excluding hydrogens is 136 g/mol. The summed E-state index contributed by atoms with van der Waals surface area (Å²) in [6.07, 6.45) is 9.07. The molecule has 1 heteroatoms. The molecule has 2 saturated carbocycles. The molecule has 0 aromatic heterocycles. The fourth-order valence-electron chi connectivity index (χ4n) is 3.82. The molecule has 1 aliphatic heterocycles. The van der Waals surface area contributed by atoms with Crippen LogP contribution in [0.3, 0.4) is 0 Å². The molecule has 0 amide bonds. The van der Waals surface area contributed by atoms with Crippen LogP contribution in [0.15, 0.2) is 12.2 Å². The second kappa shape index (κ2) is 1.42. The zero-order chi connectivity index (χ0) is 7.00. The van der Waals surface area contributed by atoms with Crippen LogP contribution in [-0.4, -0.2) is 12.2 Å². The first-order chi connectivity index (χ1) is 5.45. The summed E-state index contributed by atoms with van der Waals surface area (Å²) < 4.78 is 5.64. The normalized spacial score (nSPS) is 68.4. The first-order valence-corrected chi connectivity index (χ1v) is 4.77. The van der Waals surface area contributed by atoms with E-state index in [1.54, 1.807) is 0 Å². The first kappa shape index (κ1) is 5.36. The van der Waals surface area contributed by atoms with Crippen molar-refractivity contribution in [3.8, 4) is 0 Å². The molecule has 0 N–H and O–H groups in total. The molecule has 6 atom stereocenters. The van der Waals surface area contributed by atoms with Crippen molar-refractivity contribution < 1.29 is 4.74 Å². The molecule has 11 heavy (non-hydrogen) atoms. The third-order valence-corrected chi connectivity index (χ3v) is 4.26. The van der Waals surface area contributed by atoms with Gasteiger partial charge in [0.2, 0.25) is 0 Å². The van der Waals surface area contributed by atoms with E-state index in [1.807, 2.05) is 0 Å². The monoisotopic (exact) mass is 148 g/mol. The zero-order valence-corrected chi connectivity index (χ0v) is 6.44. The second-order valence-corrected chi connectivity index (χ2v) is 4.53. The van der Waals surface area contributed by atoms with Gasteiger partial charge in [-0.3, -0.25) is 0 Å². The van der Waals surface area contributed by atoms with Gasteiger partial charge >= 0.3 is 0 Å².